The highest BCUT2D eigenvalue weighted by molar-refractivity contribution is 5.61. The Labute approximate surface area is 100 Å². The molecule has 0 atom stereocenters. The summed E-state index contributed by atoms with van der Waals surface area (Å²) in [5.41, 5.74) is 4.50. The number of benzene rings is 1. The van der Waals surface area contributed by atoms with Crippen LogP contribution in [-0.2, 0) is 6.42 Å². The first-order chi connectivity index (χ1) is 8.11. The van der Waals surface area contributed by atoms with Crippen molar-refractivity contribution >= 4 is 0 Å². The van der Waals surface area contributed by atoms with Gasteiger partial charge in [0, 0.05) is 12.0 Å². The predicted molar refractivity (Wildman–Crippen MR) is 64.7 cm³/mol. The smallest absolute Gasteiger partial charge is 0.248 e. The van der Waals surface area contributed by atoms with E-state index in [1.54, 1.807) is 0 Å². The molecule has 1 heterocycles. The molecule has 2 rings (SSSR count). The molecule has 0 saturated carbocycles. The molecule has 0 saturated heterocycles. The summed E-state index contributed by atoms with van der Waals surface area (Å²) in [7, 11) is 0. The van der Waals surface area contributed by atoms with Crippen molar-refractivity contribution in [1.29, 1.82) is 0 Å². The molecule has 0 aliphatic carbocycles. The summed E-state index contributed by atoms with van der Waals surface area (Å²) in [6.45, 7) is 6.17. The van der Waals surface area contributed by atoms with E-state index >= 15 is 0 Å². The van der Waals surface area contributed by atoms with Gasteiger partial charge in [0.05, 0.1) is 6.61 Å². The van der Waals surface area contributed by atoms with Crippen LogP contribution in [0.25, 0.3) is 11.5 Å². The number of hydrogen-bond acceptors (Lipinski definition) is 4. The zero-order chi connectivity index (χ0) is 12.4. The largest absolute Gasteiger partial charge is 0.421 e. The molecule has 1 N–H and O–H groups in total. The third kappa shape index (κ3) is 2.36. The molecule has 0 radical (unpaired) electrons. The van der Waals surface area contributed by atoms with Gasteiger partial charge in [-0.3, -0.25) is 0 Å². The van der Waals surface area contributed by atoms with Gasteiger partial charge in [-0.2, -0.15) is 0 Å². The molecule has 4 nitrogen and oxygen atoms in total. The second-order valence-corrected chi connectivity index (χ2v) is 4.23. The second-order valence-electron chi connectivity index (χ2n) is 4.23. The first-order valence-corrected chi connectivity index (χ1v) is 5.63. The molecule has 0 unspecified atom stereocenters. The molecule has 0 aliphatic rings. The summed E-state index contributed by atoms with van der Waals surface area (Å²) in [6, 6.07) is 4.17. The first kappa shape index (κ1) is 11.8. The monoisotopic (exact) mass is 232 g/mol. The van der Waals surface area contributed by atoms with Crippen LogP contribution in [0.4, 0.5) is 0 Å². The third-order valence-corrected chi connectivity index (χ3v) is 2.83. The van der Waals surface area contributed by atoms with Crippen molar-refractivity contribution in [3.8, 4) is 11.5 Å². The second kappa shape index (κ2) is 4.67. The van der Waals surface area contributed by atoms with Crippen LogP contribution in [0.2, 0.25) is 0 Å². The van der Waals surface area contributed by atoms with Crippen molar-refractivity contribution in [2.75, 3.05) is 6.61 Å². The van der Waals surface area contributed by atoms with Crippen molar-refractivity contribution < 1.29 is 9.52 Å². The minimum absolute atomic E-state index is 0.0213. The molecular formula is C13H16N2O2. The van der Waals surface area contributed by atoms with E-state index in [1.165, 1.54) is 11.1 Å². The molecule has 0 aliphatic heterocycles. The van der Waals surface area contributed by atoms with Gasteiger partial charge in [0.15, 0.2) is 0 Å². The van der Waals surface area contributed by atoms with Gasteiger partial charge >= 0.3 is 0 Å². The fourth-order valence-corrected chi connectivity index (χ4v) is 1.82. The van der Waals surface area contributed by atoms with Crippen molar-refractivity contribution in [2.24, 2.45) is 0 Å². The molecule has 4 heteroatoms. The van der Waals surface area contributed by atoms with E-state index in [0.29, 0.717) is 18.2 Å². The average molecular weight is 232 g/mol. The quantitative estimate of drug-likeness (QED) is 0.881. The maximum atomic E-state index is 8.81. The molecule has 0 spiro atoms. The summed E-state index contributed by atoms with van der Waals surface area (Å²) in [5, 5.41) is 16.7. The number of aromatic nitrogens is 2. The van der Waals surface area contributed by atoms with Gasteiger partial charge in [0.25, 0.3) is 0 Å². The van der Waals surface area contributed by atoms with Crippen LogP contribution in [0.3, 0.4) is 0 Å². The molecule has 2 aromatic rings. The molecule has 0 amide bonds. The molecular weight excluding hydrogens is 216 g/mol. The fraction of sp³-hybridized carbons (Fsp3) is 0.385. The lowest BCUT2D eigenvalue weighted by Crippen LogP contribution is -1.89. The van der Waals surface area contributed by atoms with E-state index in [-0.39, 0.29) is 6.61 Å². The number of nitrogens with zero attached hydrogens (tertiary/aromatic N) is 2. The minimum Gasteiger partial charge on any atom is -0.421 e. The van der Waals surface area contributed by atoms with E-state index in [4.69, 9.17) is 9.52 Å². The number of aliphatic hydroxyl groups excluding tert-OH is 1. The lowest BCUT2D eigenvalue weighted by molar-refractivity contribution is 0.285. The maximum absolute atomic E-state index is 8.81. The Hall–Kier alpha value is -1.68. The van der Waals surface area contributed by atoms with Crippen LogP contribution < -0.4 is 0 Å². The van der Waals surface area contributed by atoms with Crippen LogP contribution in [0, 0.1) is 20.8 Å². The number of aliphatic hydroxyl groups is 1. The molecule has 1 aromatic heterocycles. The Morgan fingerprint density at radius 3 is 2.65 bits per heavy atom. The normalized spacial score (nSPS) is 10.8. The van der Waals surface area contributed by atoms with Crippen LogP contribution in [0.1, 0.15) is 22.6 Å². The molecule has 0 fully saturated rings. The Morgan fingerprint density at radius 1 is 1.18 bits per heavy atom. The fourth-order valence-electron chi connectivity index (χ4n) is 1.82. The summed E-state index contributed by atoms with van der Waals surface area (Å²) in [6.07, 6.45) is 0.400. The van der Waals surface area contributed by atoms with Gasteiger partial charge in [-0.15, -0.1) is 10.2 Å². The maximum Gasteiger partial charge on any atom is 0.248 e. The van der Waals surface area contributed by atoms with Crippen molar-refractivity contribution in [1.82, 2.24) is 10.2 Å². The van der Waals surface area contributed by atoms with Gasteiger partial charge in [-0.1, -0.05) is 11.6 Å². The van der Waals surface area contributed by atoms with Gasteiger partial charge in [0.2, 0.25) is 11.8 Å². The highest BCUT2D eigenvalue weighted by Gasteiger charge is 2.12. The van der Waals surface area contributed by atoms with E-state index in [9.17, 15) is 0 Å². The number of hydrogen-bond donors (Lipinski definition) is 1. The number of aryl methyl sites for hydroxylation is 2. The highest BCUT2D eigenvalue weighted by atomic mass is 16.4. The SMILES string of the molecule is Cc1cc(C)c(C)c(-c2nnc(CCO)o2)c1. The van der Waals surface area contributed by atoms with Crippen LogP contribution >= 0.6 is 0 Å². The van der Waals surface area contributed by atoms with Crippen LogP contribution in [0.5, 0.6) is 0 Å². The van der Waals surface area contributed by atoms with Gasteiger partial charge in [0.1, 0.15) is 0 Å². The summed E-state index contributed by atoms with van der Waals surface area (Å²) >= 11 is 0. The van der Waals surface area contributed by atoms with Gasteiger partial charge < -0.3 is 9.52 Å². The lowest BCUT2D eigenvalue weighted by Gasteiger charge is -2.06. The van der Waals surface area contributed by atoms with Crippen molar-refractivity contribution in [2.45, 2.75) is 27.2 Å². The Kier molecular flexibility index (Phi) is 3.24. The van der Waals surface area contributed by atoms with E-state index < -0.39 is 0 Å². The Balaban J connectivity index is 2.44. The predicted octanol–water partition coefficient (Wildman–Crippen LogP) is 2.20. The third-order valence-electron chi connectivity index (χ3n) is 2.83. The molecule has 0 bridgehead atoms. The summed E-state index contributed by atoms with van der Waals surface area (Å²) in [5.74, 6) is 0.999. The first-order valence-electron chi connectivity index (χ1n) is 5.63. The Morgan fingerprint density at radius 2 is 1.94 bits per heavy atom. The minimum atomic E-state index is 0.0213. The summed E-state index contributed by atoms with van der Waals surface area (Å²) < 4.78 is 5.52. The van der Waals surface area contributed by atoms with Crippen molar-refractivity contribution in [3.05, 3.63) is 34.7 Å². The lowest BCUT2D eigenvalue weighted by atomic mass is 10.0. The number of rotatable bonds is 3. The van der Waals surface area contributed by atoms with Gasteiger partial charge in [-0.05, 0) is 38.0 Å². The zero-order valence-corrected chi connectivity index (χ0v) is 10.3. The molecule has 1 aromatic carbocycles. The van der Waals surface area contributed by atoms with E-state index in [1.807, 2.05) is 19.9 Å². The van der Waals surface area contributed by atoms with Gasteiger partial charge in [-0.25, -0.2) is 0 Å². The van der Waals surface area contributed by atoms with Crippen molar-refractivity contribution in [3.63, 3.8) is 0 Å². The van der Waals surface area contributed by atoms with Crippen LogP contribution in [0.15, 0.2) is 16.5 Å². The van der Waals surface area contributed by atoms with E-state index in [2.05, 4.69) is 23.2 Å². The topological polar surface area (TPSA) is 59.2 Å². The highest BCUT2D eigenvalue weighted by Crippen LogP contribution is 2.26. The van der Waals surface area contributed by atoms with E-state index in [0.717, 1.165) is 11.1 Å². The van der Waals surface area contributed by atoms with Crippen LogP contribution in [-0.4, -0.2) is 21.9 Å². The molecule has 17 heavy (non-hydrogen) atoms. The zero-order valence-electron chi connectivity index (χ0n) is 10.3. The Bertz CT molecular complexity index is 532. The molecule has 90 valence electrons. The average Bonchev–Trinajstić information content (AvgIpc) is 2.72. The standard InChI is InChI=1S/C13H16N2O2/c1-8-6-9(2)10(3)11(7-8)13-15-14-12(17-13)4-5-16/h6-7,16H,4-5H2,1-3H3. The summed E-state index contributed by atoms with van der Waals surface area (Å²) in [4.78, 5) is 0.